The van der Waals surface area contributed by atoms with Gasteiger partial charge in [0.2, 0.25) is 0 Å². The van der Waals surface area contributed by atoms with Crippen molar-refractivity contribution in [1.29, 1.82) is 0 Å². The molecule has 1 N–H and O–H groups in total. The average molecular weight is 222 g/mol. The molecular weight excluding hydrogens is 206 g/mol. The van der Waals surface area contributed by atoms with Crippen LogP contribution in [0.2, 0.25) is 0 Å². The first-order valence-corrected chi connectivity index (χ1v) is 4.79. The van der Waals surface area contributed by atoms with E-state index in [1.165, 1.54) is 0 Å². The Morgan fingerprint density at radius 1 is 1.43 bits per heavy atom. The van der Waals surface area contributed by atoms with Crippen molar-refractivity contribution in [3.8, 4) is 0 Å². The molecule has 0 bridgehead atoms. The molecule has 0 aromatic rings. The minimum Gasteiger partial charge on any atom is -0.464 e. The molecular formula is C9H16ClNO3. The summed E-state index contributed by atoms with van der Waals surface area (Å²) in [6.45, 7) is 7.05. The van der Waals surface area contributed by atoms with Crippen LogP contribution in [0.25, 0.3) is 0 Å². The average Bonchev–Trinajstić information content (AvgIpc) is 2.04. The molecule has 0 aromatic heterocycles. The molecule has 82 valence electrons. The minimum absolute atomic E-state index is 0.228. The largest absolute Gasteiger partial charge is 0.464 e. The van der Waals surface area contributed by atoms with Crippen molar-refractivity contribution in [3.63, 3.8) is 0 Å². The molecule has 5 heteroatoms. The van der Waals surface area contributed by atoms with Crippen molar-refractivity contribution >= 4 is 23.5 Å². The fourth-order valence-corrected chi connectivity index (χ4v) is 1.05. The first-order valence-electron chi connectivity index (χ1n) is 4.41. The second-order valence-corrected chi connectivity index (χ2v) is 4.13. The Bertz CT molecular complexity index is 223. The summed E-state index contributed by atoms with van der Waals surface area (Å²) < 4.78 is 4.70. The van der Waals surface area contributed by atoms with E-state index in [0.29, 0.717) is 0 Å². The molecule has 0 fully saturated rings. The van der Waals surface area contributed by atoms with Crippen LogP contribution in [0.15, 0.2) is 0 Å². The number of hydrogen-bond acceptors (Lipinski definition) is 4. The summed E-state index contributed by atoms with van der Waals surface area (Å²) in [6.07, 6.45) is 0. The molecule has 1 unspecified atom stereocenters. The van der Waals surface area contributed by atoms with Gasteiger partial charge in [0.15, 0.2) is 11.8 Å². The minimum atomic E-state index is -1.09. The smallest absolute Gasteiger partial charge is 0.332 e. The van der Waals surface area contributed by atoms with Crippen molar-refractivity contribution in [3.05, 3.63) is 0 Å². The van der Waals surface area contributed by atoms with Gasteiger partial charge in [0, 0.05) is 5.41 Å². The van der Waals surface area contributed by atoms with E-state index in [0.717, 1.165) is 0 Å². The summed E-state index contributed by atoms with van der Waals surface area (Å²) in [7, 11) is 0. The number of ether oxygens (including phenoxy) is 1. The Morgan fingerprint density at radius 3 is 2.21 bits per heavy atom. The maximum Gasteiger partial charge on any atom is 0.332 e. The number of esters is 1. The molecule has 0 aromatic carbocycles. The molecule has 14 heavy (non-hydrogen) atoms. The van der Waals surface area contributed by atoms with Crippen molar-refractivity contribution in [2.45, 2.75) is 33.7 Å². The van der Waals surface area contributed by atoms with Crippen LogP contribution < -0.4 is 4.84 Å². The number of hydrogen-bond donors (Lipinski definition) is 1. The lowest BCUT2D eigenvalue weighted by Crippen LogP contribution is -2.45. The Balaban J connectivity index is 4.57. The standard InChI is InChI=1S/C9H16ClNO3/c1-5-14-8(13)6(11-10)7(12)9(2,3)4/h6,11H,5H2,1-4H3. The van der Waals surface area contributed by atoms with E-state index in [4.69, 9.17) is 16.5 Å². The fourth-order valence-electron chi connectivity index (χ4n) is 0.860. The Labute approximate surface area is 89.1 Å². The van der Waals surface area contributed by atoms with Gasteiger partial charge in [-0.05, 0) is 18.7 Å². The normalized spacial score (nSPS) is 13.5. The van der Waals surface area contributed by atoms with Crippen LogP contribution in [0.4, 0.5) is 0 Å². The zero-order valence-electron chi connectivity index (χ0n) is 8.89. The van der Waals surface area contributed by atoms with Crippen molar-refractivity contribution in [2.24, 2.45) is 5.41 Å². The summed E-state index contributed by atoms with van der Waals surface area (Å²) in [5.41, 5.74) is -0.626. The molecule has 0 radical (unpaired) electrons. The second kappa shape index (κ2) is 5.32. The van der Waals surface area contributed by atoms with E-state index in [1.807, 2.05) is 0 Å². The molecule has 0 aliphatic heterocycles. The molecule has 1 atom stereocenters. The number of Topliss-reactive ketones (excluding diaryl/α,β-unsaturated/α-hetero) is 1. The van der Waals surface area contributed by atoms with Crippen LogP contribution in [0.5, 0.6) is 0 Å². The van der Waals surface area contributed by atoms with Gasteiger partial charge in [-0.3, -0.25) is 4.79 Å². The second-order valence-electron chi connectivity index (χ2n) is 3.91. The van der Waals surface area contributed by atoms with Gasteiger partial charge < -0.3 is 4.74 Å². The molecule has 0 heterocycles. The number of ketones is 1. The molecule has 4 nitrogen and oxygen atoms in total. The van der Waals surface area contributed by atoms with E-state index in [1.54, 1.807) is 27.7 Å². The molecule has 0 saturated carbocycles. The van der Waals surface area contributed by atoms with Crippen LogP contribution >= 0.6 is 11.8 Å². The quantitative estimate of drug-likeness (QED) is 0.442. The number of rotatable bonds is 4. The monoisotopic (exact) mass is 221 g/mol. The highest BCUT2D eigenvalue weighted by Gasteiger charge is 2.35. The maximum absolute atomic E-state index is 11.7. The predicted octanol–water partition coefficient (Wildman–Crippen LogP) is 1.28. The summed E-state index contributed by atoms with van der Waals surface area (Å²) >= 11 is 5.33. The number of carbonyl (C=O) groups excluding carboxylic acids is 2. The zero-order valence-corrected chi connectivity index (χ0v) is 9.64. The highest BCUT2D eigenvalue weighted by Crippen LogP contribution is 2.17. The van der Waals surface area contributed by atoms with Gasteiger partial charge in [-0.25, -0.2) is 9.63 Å². The summed E-state index contributed by atoms with van der Waals surface area (Å²) in [5, 5.41) is 0. The third-order valence-electron chi connectivity index (χ3n) is 1.63. The van der Waals surface area contributed by atoms with Gasteiger partial charge in [0.25, 0.3) is 0 Å². The van der Waals surface area contributed by atoms with Gasteiger partial charge in [-0.2, -0.15) is 0 Å². The molecule has 0 amide bonds. The van der Waals surface area contributed by atoms with Crippen molar-refractivity contribution < 1.29 is 14.3 Å². The number of halogens is 1. The van der Waals surface area contributed by atoms with E-state index < -0.39 is 17.4 Å². The lowest BCUT2D eigenvalue weighted by molar-refractivity contribution is -0.149. The van der Waals surface area contributed by atoms with Gasteiger partial charge in [-0.1, -0.05) is 20.8 Å². The van der Waals surface area contributed by atoms with E-state index in [2.05, 4.69) is 4.84 Å². The molecule has 0 aliphatic carbocycles. The maximum atomic E-state index is 11.7. The Kier molecular flexibility index (Phi) is 5.08. The van der Waals surface area contributed by atoms with E-state index in [9.17, 15) is 9.59 Å². The number of carbonyl (C=O) groups is 2. The highest BCUT2D eigenvalue weighted by atomic mass is 35.5. The van der Waals surface area contributed by atoms with Crippen molar-refractivity contribution in [2.75, 3.05) is 6.61 Å². The van der Waals surface area contributed by atoms with Gasteiger partial charge in [0.1, 0.15) is 0 Å². The van der Waals surface area contributed by atoms with Crippen LogP contribution in [0.3, 0.4) is 0 Å². The third-order valence-corrected chi connectivity index (χ3v) is 1.85. The zero-order chi connectivity index (χ0) is 11.4. The molecule has 0 spiro atoms. The highest BCUT2D eigenvalue weighted by molar-refractivity contribution is 6.19. The summed E-state index contributed by atoms with van der Waals surface area (Å²) in [4.78, 5) is 25.1. The molecule has 0 aliphatic rings. The lowest BCUT2D eigenvalue weighted by atomic mass is 9.87. The van der Waals surface area contributed by atoms with Crippen LogP contribution in [-0.2, 0) is 14.3 Å². The fraction of sp³-hybridized carbons (Fsp3) is 0.778. The van der Waals surface area contributed by atoms with Crippen LogP contribution in [0, 0.1) is 5.41 Å². The van der Waals surface area contributed by atoms with Gasteiger partial charge >= 0.3 is 5.97 Å². The topological polar surface area (TPSA) is 55.4 Å². The third kappa shape index (κ3) is 3.64. The van der Waals surface area contributed by atoms with Crippen LogP contribution in [0.1, 0.15) is 27.7 Å². The van der Waals surface area contributed by atoms with E-state index in [-0.39, 0.29) is 12.4 Å². The lowest BCUT2D eigenvalue weighted by Gasteiger charge is -2.21. The van der Waals surface area contributed by atoms with Gasteiger partial charge in [0.05, 0.1) is 6.61 Å². The first-order chi connectivity index (χ1) is 6.34. The molecule has 0 saturated heterocycles. The van der Waals surface area contributed by atoms with Crippen molar-refractivity contribution in [1.82, 2.24) is 4.84 Å². The van der Waals surface area contributed by atoms with Crippen LogP contribution in [-0.4, -0.2) is 24.4 Å². The predicted molar refractivity (Wildman–Crippen MR) is 53.9 cm³/mol. The Morgan fingerprint density at radius 2 is 1.93 bits per heavy atom. The number of nitrogens with one attached hydrogen (secondary N) is 1. The van der Waals surface area contributed by atoms with E-state index >= 15 is 0 Å². The SMILES string of the molecule is CCOC(=O)C(NCl)C(=O)C(C)(C)C. The summed E-state index contributed by atoms with van der Waals surface area (Å²) in [5.74, 6) is -0.923. The first kappa shape index (κ1) is 13.4. The summed E-state index contributed by atoms with van der Waals surface area (Å²) in [6, 6.07) is -1.09. The Hall–Kier alpha value is -0.610. The van der Waals surface area contributed by atoms with Gasteiger partial charge in [-0.15, -0.1) is 0 Å². The molecule has 0 rings (SSSR count).